The largest absolute Gasteiger partial charge is 0.393 e. The molecule has 0 saturated heterocycles. The Morgan fingerprint density at radius 3 is 2.75 bits per heavy atom. The Morgan fingerprint density at radius 1 is 1.50 bits per heavy atom. The summed E-state index contributed by atoms with van der Waals surface area (Å²) in [6, 6.07) is 3.96. The summed E-state index contributed by atoms with van der Waals surface area (Å²) in [6.45, 7) is 1.81. The predicted molar refractivity (Wildman–Crippen MR) is 51.3 cm³/mol. The van der Waals surface area contributed by atoms with Gasteiger partial charge >= 0.3 is 0 Å². The van der Waals surface area contributed by atoms with Gasteiger partial charge in [-0.3, -0.25) is 4.98 Å². The minimum absolute atomic E-state index is 0.195. The van der Waals surface area contributed by atoms with E-state index in [1.165, 1.54) is 4.90 Å². The molecule has 12 heavy (non-hydrogen) atoms. The lowest BCUT2D eigenvalue weighted by Gasteiger charge is -2.02. The summed E-state index contributed by atoms with van der Waals surface area (Å²) in [4.78, 5) is 5.14. The van der Waals surface area contributed by atoms with Gasteiger partial charge in [-0.05, 0) is 25.5 Å². The Morgan fingerprint density at radius 2 is 2.17 bits per heavy atom. The molecule has 2 nitrogen and oxygen atoms in total. The number of thioether (sulfide) groups is 1. The first-order valence-electron chi connectivity index (χ1n) is 4.00. The minimum atomic E-state index is -0.195. The van der Waals surface area contributed by atoms with E-state index in [-0.39, 0.29) is 6.10 Å². The molecular weight excluding hydrogens is 170 g/mol. The highest BCUT2D eigenvalue weighted by Crippen LogP contribution is 2.17. The topological polar surface area (TPSA) is 33.1 Å². The highest BCUT2D eigenvalue weighted by atomic mass is 32.2. The van der Waals surface area contributed by atoms with Crippen LogP contribution in [0, 0.1) is 0 Å². The van der Waals surface area contributed by atoms with E-state index < -0.39 is 0 Å². The average molecular weight is 183 g/mol. The third-order valence-electron chi connectivity index (χ3n) is 1.45. The fraction of sp³-hybridized carbons (Fsp3) is 0.444. The van der Waals surface area contributed by atoms with Crippen LogP contribution in [0.4, 0.5) is 0 Å². The first-order valence-corrected chi connectivity index (χ1v) is 4.98. The van der Waals surface area contributed by atoms with Gasteiger partial charge in [0, 0.05) is 23.0 Å². The zero-order valence-corrected chi connectivity index (χ0v) is 7.92. The molecule has 1 heterocycles. The second-order valence-electron chi connectivity index (χ2n) is 2.67. The van der Waals surface area contributed by atoms with Gasteiger partial charge in [0.25, 0.3) is 0 Å². The summed E-state index contributed by atoms with van der Waals surface area (Å²) < 4.78 is 0. The van der Waals surface area contributed by atoms with E-state index in [1.54, 1.807) is 24.2 Å². The van der Waals surface area contributed by atoms with Crippen LogP contribution in [0.1, 0.15) is 13.3 Å². The standard InChI is InChI=1S/C9H13NOS/c1-8(11)4-7-12-9-2-5-10-6-3-9/h2-3,5-6,8,11H,4,7H2,1H3. The number of aliphatic hydroxyl groups is 1. The van der Waals surface area contributed by atoms with E-state index >= 15 is 0 Å². The van der Waals surface area contributed by atoms with Crippen molar-refractivity contribution in [1.29, 1.82) is 0 Å². The highest BCUT2D eigenvalue weighted by molar-refractivity contribution is 7.99. The Bertz CT molecular complexity index is 213. The van der Waals surface area contributed by atoms with Crippen molar-refractivity contribution in [2.24, 2.45) is 0 Å². The third-order valence-corrected chi connectivity index (χ3v) is 2.50. The van der Waals surface area contributed by atoms with Crippen LogP contribution in [0.2, 0.25) is 0 Å². The number of hydrogen-bond donors (Lipinski definition) is 1. The smallest absolute Gasteiger partial charge is 0.0520 e. The summed E-state index contributed by atoms with van der Waals surface area (Å²) >= 11 is 1.75. The molecule has 0 aromatic carbocycles. The van der Waals surface area contributed by atoms with E-state index in [9.17, 15) is 0 Å². The molecule has 66 valence electrons. The summed E-state index contributed by atoms with van der Waals surface area (Å²) in [7, 11) is 0. The maximum Gasteiger partial charge on any atom is 0.0520 e. The summed E-state index contributed by atoms with van der Waals surface area (Å²) in [5.41, 5.74) is 0. The quantitative estimate of drug-likeness (QED) is 0.724. The SMILES string of the molecule is CC(O)CCSc1ccncc1. The lowest BCUT2D eigenvalue weighted by Crippen LogP contribution is -2.00. The van der Waals surface area contributed by atoms with Crippen molar-refractivity contribution in [1.82, 2.24) is 4.98 Å². The number of aliphatic hydroxyl groups excluding tert-OH is 1. The lowest BCUT2D eigenvalue weighted by atomic mass is 10.3. The van der Waals surface area contributed by atoms with Crippen molar-refractivity contribution in [3.8, 4) is 0 Å². The zero-order chi connectivity index (χ0) is 8.81. The molecule has 1 atom stereocenters. The molecule has 1 aromatic heterocycles. The summed E-state index contributed by atoms with van der Waals surface area (Å²) in [6.07, 6.45) is 4.21. The average Bonchev–Trinajstić information content (AvgIpc) is 2.05. The minimum Gasteiger partial charge on any atom is -0.393 e. The van der Waals surface area contributed by atoms with Gasteiger partial charge in [0.1, 0.15) is 0 Å². The second-order valence-corrected chi connectivity index (χ2v) is 3.84. The summed E-state index contributed by atoms with van der Waals surface area (Å²) in [5, 5.41) is 9.00. The van der Waals surface area contributed by atoms with E-state index in [1.807, 2.05) is 19.1 Å². The van der Waals surface area contributed by atoms with Gasteiger partial charge in [-0.25, -0.2) is 0 Å². The molecule has 0 bridgehead atoms. The van der Waals surface area contributed by atoms with Gasteiger partial charge in [-0.2, -0.15) is 0 Å². The monoisotopic (exact) mass is 183 g/mol. The van der Waals surface area contributed by atoms with E-state index in [4.69, 9.17) is 5.11 Å². The molecule has 1 aromatic rings. The van der Waals surface area contributed by atoms with Crippen molar-refractivity contribution in [2.75, 3.05) is 5.75 Å². The molecule has 0 aliphatic rings. The van der Waals surface area contributed by atoms with Gasteiger partial charge in [0.15, 0.2) is 0 Å². The number of pyridine rings is 1. The second kappa shape index (κ2) is 5.17. The highest BCUT2D eigenvalue weighted by Gasteiger charge is 1.96. The molecule has 1 unspecified atom stereocenters. The molecular formula is C9H13NOS. The number of aromatic nitrogens is 1. The Kier molecular flexibility index (Phi) is 4.11. The van der Waals surface area contributed by atoms with Crippen LogP contribution in [-0.2, 0) is 0 Å². The van der Waals surface area contributed by atoms with Crippen LogP contribution in [0.3, 0.4) is 0 Å². The van der Waals surface area contributed by atoms with Gasteiger partial charge in [0.05, 0.1) is 6.10 Å². The molecule has 0 aliphatic carbocycles. The van der Waals surface area contributed by atoms with E-state index in [0.717, 1.165) is 12.2 Å². The van der Waals surface area contributed by atoms with Crippen LogP contribution >= 0.6 is 11.8 Å². The van der Waals surface area contributed by atoms with Gasteiger partial charge < -0.3 is 5.11 Å². The third kappa shape index (κ3) is 3.74. The Balaban J connectivity index is 2.25. The van der Waals surface area contributed by atoms with Crippen LogP contribution in [0.5, 0.6) is 0 Å². The number of rotatable bonds is 4. The molecule has 1 rings (SSSR count). The van der Waals surface area contributed by atoms with Crippen LogP contribution in [-0.4, -0.2) is 21.9 Å². The number of hydrogen-bond acceptors (Lipinski definition) is 3. The van der Waals surface area contributed by atoms with Crippen LogP contribution in [0.15, 0.2) is 29.4 Å². The van der Waals surface area contributed by atoms with Crippen molar-refractivity contribution in [2.45, 2.75) is 24.3 Å². The predicted octanol–water partition coefficient (Wildman–Crippen LogP) is 1.94. The van der Waals surface area contributed by atoms with Gasteiger partial charge in [-0.15, -0.1) is 11.8 Å². The molecule has 0 saturated carbocycles. The molecule has 3 heteroatoms. The van der Waals surface area contributed by atoms with Crippen molar-refractivity contribution in [3.63, 3.8) is 0 Å². The Labute approximate surface area is 77.0 Å². The Hall–Kier alpha value is -0.540. The molecule has 0 radical (unpaired) electrons. The fourth-order valence-electron chi connectivity index (χ4n) is 0.782. The number of nitrogens with zero attached hydrogens (tertiary/aromatic N) is 1. The van der Waals surface area contributed by atoms with Crippen LogP contribution < -0.4 is 0 Å². The fourth-order valence-corrected chi connectivity index (χ4v) is 1.79. The molecule has 0 aliphatic heterocycles. The van der Waals surface area contributed by atoms with Gasteiger partial charge in [0.2, 0.25) is 0 Å². The lowest BCUT2D eigenvalue weighted by molar-refractivity contribution is 0.192. The molecule has 0 amide bonds. The molecule has 0 fully saturated rings. The van der Waals surface area contributed by atoms with E-state index in [0.29, 0.717) is 0 Å². The van der Waals surface area contributed by atoms with Crippen molar-refractivity contribution >= 4 is 11.8 Å². The van der Waals surface area contributed by atoms with E-state index in [2.05, 4.69) is 4.98 Å². The van der Waals surface area contributed by atoms with Crippen molar-refractivity contribution < 1.29 is 5.11 Å². The normalized spacial score (nSPS) is 12.8. The maximum absolute atomic E-state index is 9.00. The zero-order valence-electron chi connectivity index (χ0n) is 7.10. The molecule has 0 spiro atoms. The first-order chi connectivity index (χ1) is 5.79. The first kappa shape index (κ1) is 9.55. The molecule has 1 N–H and O–H groups in total. The van der Waals surface area contributed by atoms with Crippen molar-refractivity contribution in [3.05, 3.63) is 24.5 Å². The maximum atomic E-state index is 9.00. The van der Waals surface area contributed by atoms with Gasteiger partial charge in [-0.1, -0.05) is 0 Å². The van der Waals surface area contributed by atoms with Crippen LogP contribution in [0.25, 0.3) is 0 Å². The summed E-state index contributed by atoms with van der Waals surface area (Å²) in [5.74, 6) is 0.960.